The third-order valence-corrected chi connectivity index (χ3v) is 4.70. The van der Waals surface area contributed by atoms with E-state index in [1.165, 1.54) is 12.8 Å². The summed E-state index contributed by atoms with van der Waals surface area (Å²) in [6.07, 6.45) is 6.48. The van der Waals surface area contributed by atoms with Gasteiger partial charge in [-0.2, -0.15) is 10.4 Å². The Morgan fingerprint density at radius 3 is 2.68 bits per heavy atom. The molecular formula is C18H21N3O. The minimum absolute atomic E-state index is 0.209. The zero-order chi connectivity index (χ0) is 15.5. The number of ether oxygens (including phenoxy) is 1. The Labute approximate surface area is 131 Å². The molecule has 0 unspecified atom stereocenters. The van der Waals surface area contributed by atoms with Gasteiger partial charge in [-0.25, -0.2) is 0 Å². The molecule has 1 aromatic carbocycles. The molecule has 0 radical (unpaired) electrons. The molecule has 1 heterocycles. The highest BCUT2D eigenvalue weighted by molar-refractivity contribution is 5.87. The van der Waals surface area contributed by atoms with Crippen LogP contribution in [0.5, 0.6) is 5.88 Å². The highest BCUT2D eigenvalue weighted by Gasteiger charge is 2.25. The van der Waals surface area contributed by atoms with Crippen LogP contribution in [0.2, 0.25) is 0 Å². The summed E-state index contributed by atoms with van der Waals surface area (Å²) in [7, 11) is 0. The van der Waals surface area contributed by atoms with Crippen molar-refractivity contribution in [3.63, 3.8) is 0 Å². The lowest BCUT2D eigenvalue weighted by Crippen LogP contribution is -2.26. The second kappa shape index (κ2) is 6.31. The van der Waals surface area contributed by atoms with Gasteiger partial charge in [-0.1, -0.05) is 19.9 Å². The summed E-state index contributed by atoms with van der Waals surface area (Å²) in [6, 6.07) is 7.68. The molecule has 4 heteroatoms. The van der Waals surface area contributed by atoms with Gasteiger partial charge in [0.2, 0.25) is 5.88 Å². The van der Waals surface area contributed by atoms with Crippen LogP contribution in [0.1, 0.15) is 45.1 Å². The molecule has 1 fully saturated rings. The van der Waals surface area contributed by atoms with E-state index in [1.54, 1.807) is 12.3 Å². The Morgan fingerprint density at radius 1 is 1.23 bits per heavy atom. The number of benzene rings is 1. The molecule has 2 aromatic rings. The van der Waals surface area contributed by atoms with Gasteiger partial charge in [0, 0.05) is 10.8 Å². The van der Waals surface area contributed by atoms with Crippen molar-refractivity contribution in [1.29, 1.82) is 5.26 Å². The van der Waals surface area contributed by atoms with Gasteiger partial charge in [0.1, 0.15) is 6.10 Å². The van der Waals surface area contributed by atoms with Crippen LogP contribution in [0.3, 0.4) is 0 Å². The molecule has 4 nitrogen and oxygen atoms in total. The molecule has 114 valence electrons. The SMILES string of the molecule is CC(C)C1CCC(Oc2nncc3ccc(C#N)cc23)CC1. The molecule has 0 saturated heterocycles. The quantitative estimate of drug-likeness (QED) is 0.855. The predicted octanol–water partition coefficient (Wildman–Crippen LogP) is 4.10. The van der Waals surface area contributed by atoms with Gasteiger partial charge in [-0.05, 0) is 49.7 Å². The Kier molecular flexibility index (Phi) is 4.24. The molecule has 1 aliphatic carbocycles. The van der Waals surface area contributed by atoms with Crippen molar-refractivity contribution in [2.45, 2.75) is 45.6 Å². The minimum atomic E-state index is 0.209. The topological polar surface area (TPSA) is 58.8 Å². The zero-order valence-electron chi connectivity index (χ0n) is 13.1. The monoisotopic (exact) mass is 295 g/mol. The number of nitriles is 1. The molecule has 0 atom stereocenters. The standard InChI is InChI=1S/C18H21N3O/c1-12(2)14-5-7-16(8-6-14)22-18-17-9-13(10-19)3-4-15(17)11-20-21-18/h3-4,9,11-12,14,16H,5-8H2,1-2H3. The lowest BCUT2D eigenvalue weighted by Gasteiger charge is -2.30. The van der Waals surface area contributed by atoms with Crippen LogP contribution in [0, 0.1) is 23.2 Å². The van der Waals surface area contributed by atoms with E-state index in [-0.39, 0.29) is 6.10 Å². The molecular weight excluding hydrogens is 274 g/mol. The van der Waals surface area contributed by atoms with Crippen molar-refractivity contribution in [3.05, 3.63) is 30.0 Å². The van der Waals surface area contributed by atoms with E-state index in [9.17, 15) is 0 Å². The Morgan fingerprint density at radius 2 is 2.00 bits per heavy atom. The predicted molar refractivity (Wildman–Crippen MR) is 85.5 cm³/mol. The molecule has 22 heavy (non-hydrogen) atoms. The van der Waals surface area contributed by atoms with Gasteiger partial charge in [-0.15, -0.1) is 5.10 Å². The average Bonchev–Trinajstić information content (AvgIpc) is 2.55. The Bertz CT molecular complexity index is 697. The Hall–Kier alpha value is -2.15. The van der Waals surface area contributed by atoms with Crippen LogP contribution in [-0.4, -0.2) is 16.3 Å². The molecule has 0 bridgehead atoms. The third-order valence-electron chi connectivity index (χ3n) is 4.70. The summed E-state index contributed by atoms with van der Waals surface area (Å²) < 4.78 is 6.11. The maximum atomic E-state index is 9.06. The molecule has 1 aromatic heterocycles. The first-order valence-electron chi connectivity index (χ1n) is 7.99. The maximum Gasteiger partial charge on any atom is 0.241 e. The maximum absolute atomic E-state index is 9.06. The summed E-state index contributed by atoms with van der Waals surface area (Å²) in [5.41, 5.74) is 0.619. The molecule has 3 rings (SSSR count). The van der Waals surface area contributed by atoms with Crippen LogP contribution in [-0.2, 0) is 0 Å². The van der Waals surface area contributed by atoms with Crippen LogP contribution in [0.15, 0.2) is 24.4 Å². The van der Waals surface area contributed by atoms with E-state index < -0.39 is 0 Å². The number of hydrogen-bond acceptors (Lipinski definition) is 4. The highest BCUT2D eigenvalue weighted by atomic mass is 16.5. The van der Waals surface area contributed by atoms with Gasteiger partial charge in [0.15, 0.2) is 0 Å². The van der Waals surface area contributed by atoms with E-state index >= 15 is 0 Å². The summed E-state index contributed by atoms with van der Waals surface area (Å²) in [4.78, 5) is 0. The van der Waals surface area contributed by atoms with Crippen molar-refractivity contribution in [2.75, 3.05) is 0 Å². The zero-order valence-corrected chi connectivity index (χ0v) is 13.1. The van der Waals surface area contributed by atoms with Gasteiger partial charge in [-0.3, -0.25) is 0 Å². The Balaban J connectivity index is 1.78. The average molecular weight is 295 g/mol. The van der Waals surface area contributed by atoms with Gasteiger partial charge in [0.05, 0.1) is 17.8 Å². The van der Waals surface area contributed by atoms with Crippen molar-refractivity contribution in [2.24, 2.45) is 11.8 Å². The molecule has 1 saturated carbocycles. The van der Waals surface area contributed by atoms with Crippen molar-refractivity contribution < 1.29 is 4.74 Å². The van der Waals surface area contributed by atoms with E-state index in [2.05, 4.69) is 30.1 Å². The first-order chi connectivity index (χ1) is 10.7. The lowest BCUT2D eigenvalue weighted by atomic mass is 9.80. The smallest absolute Gasteiger partial charge is 0.241 e. The van der Waals surface area contributed by atoms with E-state index in [0.717, 1.165) is 35.4 Å². The van der Waals surface area contributed by atoms with E-state index in [4.69, 9.17) is 10.00 Å². The van der Waals surface area contributed by atoms with Crippen LogP contribution in [0.25, 0.3) is 10.8 Å². The van der Waals surface area contributed by atoms with Crippen molar-refractivity contribution >= 4 is 10.8 Å². The van der Waals surface area contributed by atoms with Crippen LogP contribution >= 0.6 is 0 Å². The fraction of sp³-hybridized carbons (Fsp3) is 0.500. The highest BCUT2D eigenvalue weighted by Crippen LogP contribution is 2.33. The van der Waals surface area contributed by atoms with Gasteiger partial charge >= 0.3 is 0 Å². The second-order valence-corrected chi connectivity index (χ2v) is 6.46. The minimum Gasteiger partial charge on any atom is -0.473 e. The fourth-order valence-corrected chi connectivity index (χ4v) is 3.24. The number of rotatable bonds is 3. The molecule has 0 aliphatic heterocycles. The fourth-order valence-electron chi connectivity index (χ4n) is 3.24. The number of nitrogens with zero attached hydrogens (tertiary/aromatic N) is 3. The largest absolute Gasteiger partial charge is 0.473 e. The second-order valence-electron chi connectivity index (χ2n) is 6.46. The first-order valence-corrected chi connectivity index (χ1v) is 7.99. The molecule has 1 aliphatic rings. The lowest BCUT2D eigenvalue weighted by molar-refractivity contribution is 0.113. The number of fused-ring (bicyclic) bond motifs is 1. The number of aromatic nitrogens is 2. The third kappa shape index (κ3) is 3.04. The number of hydrogen-bond donors (Lipinski definition) is 0. The summed E-state index contributed by atoms with van der Waals surface area (Å²) in [6.45, 7) is 4.59. The van der Waals surface area contributed by atoms with E-state index in [1.807, 2.05) is 12.1 Å². The molecule has 0 spiro atoms. The van der Waals surface area contributed by atoms with Gasteiger partial charge < -0.3 is 4.74 Å². The normalized spacial score (nSPS) is 21.7. The molecule has 0 amide bonds. The van der Waals surface area contributed by atoms with E-state index in [0.29, 0.717) is 11.4 Å². The summed E-state index contributed by atoms with van der Waals surface area (Å²) in [5, 5.41) is 19.1. The summed E-state index contributed by atoms with van der Waals surface area (Å²) >= 11 is 0. The van der Waals surface area contributed by atoms with Crippen molar-refractivity contribution in [3.8, 4) is 11.9 Å². The summed E-state index contributed by atoms with van der Waals surface area (Å²) in [5.74, 6) is 2.11. The van der Waals surface area contributed by atoms with Crippen molar-refractivity contribution in [1.82, 2.24) is 10.2 Å². The van der Waals surface area contributed by atoms with Gasteiger partial charge in [0.25, 0.3) is 0 Å². The van der Waals surface area contributed by atoms with Crippen LogP contribution in [0.4, 0.5) is 0 Å². The first kappa shape index (κ1) is 14.8. The van der Waals surface area contributed by atoms with Crippen LogP contribution < -0.4 is 4.74 Å². The molecule has 0 N–H and O–H groups in total.